The lowest BCUT2D eigenvalue weighted by Crippen LogP contribution is -2.19. The number of sulfonamides is 1. The van der Waals surface area contributed by atoms with Gasteiger partial charge in [-0.05, 0) is 38.4 Å². The van der Waals surface area contributed by atoms with Gasteiger partial charge in [0.25, 0.3) is 10.0 Å². The van der Waals surface area contributed by atoms with Crippen molar-refractivity contribution in [2.24, 2.45) is 0 Å². The summed E-state index contributed by atoms with van der Waals surface area (Å²) in [4.78, 5) is 1.04. The number of ether oxygens (including phenoxy) is 1. The van der Waals surface area contributed by atoms with Crippen LogP contribution in [0.3, 0.4) is 0 Å². The lowest BCUT2D eigenvalue weighted by atomic mass is 10.3. The molecule has 0 saturated carbocycles. The number of anilines is 1. The van der Waals surface area contributed by atoms with Crippen molar-refractivity contribution in [2.45, 2.75) is 4.90 Å². The van der Waals surface area contributed by atoms with Crippen LogP contribution in [-0.4, -0.2) is 40.6 Å². The minimum Gasteiger partial charge on any atom is -0.491 e. The van der Waals surface area contributed by atoms with Crippen LogP contribution in [0.2, 0.25) is 10.0 Å². The van der Waals surface area contributed by atoms with Crippen molar-refractivity contribution < 1.29 is 21.9 Å². The fraction of sp³-hybridized carbons (Fsp3) is 0.250. The van der Waals surface area contributed by atoms with Crippen molar-refractivity contribution in [3.05, 3.63) is 52.0 Å². The van der Waals surface area contributed by atoms with Gasteiger partial charge in [-0.3, -0.25) is 4.72 Å². The van der Waals surface area contributed by atoms with Crippen LogP contribution >= 0.6 is 23.2 Å². The van der Waals surface area contributed by atoms with Crippen molar-refractivity contribution in [1.29, 1.82) is 0 Å². The highest BCUT2D eigenvalue weighted by atomic mass is 35.5. The Labute approximate surface area is 160 Å². The molecule has 26 heavy (non-hydrogen) atoms. The Bertz CT molecular complexity index is 909. The summed E-state index contributed by atoms with van der Waals surface area (Å²) in [6.45, 7) is 0.960. The van der Waals surface area contributed by atoms with Crippen LogP contribution in [0, 0.1) is 11.6 Å². The maximum atomic E-state index is 13.9. The molecule has 0 aliphatic rings. The van der Waals surface area contributed by atoms with Crippen LogP contribution in [0.1, 0.15) is 0 Å². The fourth-order valence-corrected chi connectivity index (χ4v) is 3.38. The Morgan fingerprint density at radius 3 is 2.42 bits per heavy atom. The Kier molecular flexibility index (Phi) is 6.68. The van der Waals surface area contributed by atoms with Crippen molar-refractivity contribution in [3.8, 4) is 5.75 Å². The van der Waals surface area contributed by atoms with Crippen LogP contribution in [0.15, 0.2) is 35.2 Å². The normalized spacial score (nSPS) is 11.7. The number of hydrogen-bond acceptors (Lipinski definition) is 4. The molecule has 0 atom stereocenters. The van der Waals surface area contributed by atoms with Crippen molar-refractivity contribution in [3.63, 3.8) is 0 Å². The third kappa shape index (κ3) is 5.20. The van der Waals surface area contributed by atoms with E-state index in [-0.39, 0.29) is 16.5 Å². The Hall–Kier alpha value is -1.61. The zero-order chi connectivity index (χ0) is 19.5. The first kappa shape index (κ1) is 20.7. The summed E-state index contributed by atoms with van der Waals surface area (Å²) >= 11 is 11.5. The molecule has 5 nitrogen and oxygen atoms in total. The molecule has 0 unspecified atom stereocenters. The Balaban J connectivity index is 2.26. The zero-order valence-corrected chi connectivity index (χ0v) is 16.2. The Morgan fingerprint density at radius 2 is 1.77 bits per heavy atom. The lowest BCUT2D eigenvalue weighted by molar-refractivity contribution is 0.261. The number of likely N-dealkylation sites (N-methyl/N-ethyl adjacent to an activating group) is 1. The molecule has 10 heteroatoms. The quantitative estimate of drug-likeness (QED) is 0.682. The Morgan fingerprint density at radius 1 is 1.08 bits per heavy atom. The van der Waals surface area contributed by atoms with Gasteiger partial charge >= 0.3 is 0 Å². The van der Waals surface area contributed by atoms with Gasteiger partial charge in [0.1, 0.15) is 28.9 Å². The number of nitrogens with zero attached hydrogens (tertiary/aromatic N) is 1. The molecule has 0 bridgehead atoms. The van der Waals surface area contributed by atoms with E-state index < -0.39 is 31.6 Å². The van der Waals surface area contributed by atoms with Gasteiger partial charge in [-0.1, -0.05) is 23.2 Å². The van der Waals surface area contributed by atoms with Gasteiger partial charge < -0.3 is 9.64 Å². The molecule has 0 fully saturated rings. The first-order valence-electron chi connectivity index (χ1n) is 7.34. The third-order valence-corrected chi connectivity index (χ3v) is 5.24. The SMILES string of the molecule is CN(C)CCOc1cc(NS(=O)(=O)c2cc(F)c(Cl)cc2F)ccc1Cl. The van der Waals surface area contributed by atoms with Crippen molar-refractivity contribution >= 4 is 38.9 Å². The standard InChI is InChI=1S/C16H16Cl2F2N2O3S/c1-22(2)5-6-25-15-7-10(3-4-11(15)17)21-26(23,24)16-9-13(19)12(18)8-14(16)20/h3-4,7-9,21H,5-6H2,1-2H3. The first-order valence-corrected chi connectivity index (χ1v) is 9.58. The number of benzene rings is 2. The lowest BCUT2D eigenvalue weighted by Gasteiger charge is -2.14. The molecule has 0 aromatic heterocycles. The molecule has 2 aromatic rings. The summed E-state index contributed by atoms with van der Waals surface area (Å²) in [5.41, 5.74) is 0.0870. The maximum Gasteiger partial charge on any atom is 0.264 e. The monoisotopic (exact) mass is 424 g/mol. The van der Waals surface area contributed by atoms with E-state index in [4.69, 9.17) is 27.9 Å². The molecule has 0 amide bonds. The van der Waals surface area contributed by atoms with Gasteiger partial charge in [-0.25, -0.2) is 17.2 Å². The van der Waals surface area contributed by atoms with Crippen LogP contribution < -0.4 is 9.46 Å². The summed E-state index contributed by atoms with van der Waals surface area (Å²) in [5, 5.41) is -0.222. The summed E-state index contributed by atoms with van der Waals surface area (Å²) in [6.07, 6.45) is 0. The number of halogens is 4. The average Bonchev–Trinajstić information content (AvgIpc) is 2.53. The van der Waals surface area contributed by atoms with Gasteiger partial charge in [0.05, 0.1) is 15.7 Å². The predicted molar refractivity (Wildman–Crippen MR) is 97.7 cm³/mol. The molecule has 0 radical (unpaired) electrons. The second-order valence-electron chi connectivity index (χ2n) is 5.60. The summed E-state index contributed by atoms with van der Waals surface area (Å²) in [6, 6.07) is 5.29. The van der Waals surface area contributed by atoms with E-state index in [1.54, 1.807) is 0 Å². The third-order valence-electron chi connectivity index (χ3n) is 3.24. The zero-order valence-electron chi connectivity index (χ0n) is 13.9. The molecule has 142 valence electrons. The second kappa shape index (κ2) is 8.39. The predicted octanol–water partition coefficient (Wildman–Crippen LogP) is 4.01. The van der Waals surface area contributed by atoms with Gasteiger partial charge in [0, 0.05) is 12.6 Å². The molecule has 1 N–H and O–H groups in total. The second-order valence-corrected chi connectivity index (χ2v) is 8.06. The topological polar surface area (TPSA) is 58.6 Å². The van der Waals surface area contributed by atoms with Crippen LogP contribution in [0.5, 0.6) is 5.75 Å². The van der Waals surface area contributed by atoms with E-state index in [9.17, 15) is 17.2 Å². The highest BCUT2D eigenvalue weighted by Gasteiger charge is 2.22. The van der Waals surface area contributed by atoms with E-state index in [1.165, 1.54) is 18.2 Å². The van der Waals surface area contributed by atoms with Gasteiger partial charge in [-0.2, -0.15) is 0 Å². The molecule has 2 rings (SSSR count). The van der Waals surface area contributed by atoms with Crippen molar-refractivity contribution in [1.82, 2.24) is 4.90 Å². The molecule has 2 aromatic carbocycles. The molecule has 0 spiro atoms. The highest BCUT2D eigenvalue weighted by Crippen LogP contribution is 2.30. The van der Waals surface area contributed by atoms with Crippen LogP contribution in [0.4, 0.5) is 14.5 Å². The average molecular weight is 425 g/mol. The van der Waals surface area contributed by atoms with Crippen LogP contribution in [0.25, 0.3) is 0 Å². The molecule has 0 saturated heterocycles. The summed E-state index contributed by atoms with van der Waals surface area (Å²) < 4.78 is 59.8. The summed E-state index contributed by atoms with van der Waals surface area (Å²) in [5.74, 6) is -1.95. The van der Waals surface area contributed by atoms with Crippen molar-refractivity contribution in [2.75, 3.05) is 32.0 Å². The van der Waals surface area contributed by atoms with E-state index in [0.717, 1.165) is 0 Å². The van der Waals surface area contributed by atoms with Gasteiger partial charge in [0.15, 0.2) is 0 Å². The highest BCUT2D eigenvalue weighted by molar-refractivity contribution is 7.92. The maximum absolute atomic E-state index is 13.9. The van der Waals surface area contributed by atoms with E-state index in [0.29, 0.717) is 25.3 Å². The number of rotatable bonds is 7. The summed E-state index contributed by atoms with van der Waals surface area (Å²) in [7, 11) is -0.637. The first-order chi connectivity index (χ1) is 12.1. The van der Waals surface area contributed by atoms with E-state index in [2.05, 4.69) is 4.72 Å². The molecular formula is C16H16Cl2F2N2O3S. The number of nitrogens with one attached hydrogen (secondary N) is 1. The number of hydrogen-bond donors (Lipinski definition) is 1. The molecular weight excluding hydrogens is 409 g/mol. The molecule has 0 aliphatic carbocycles. The fourth-order valence-electron chi connectivity index (χ4n) is 1.94. The van der Waals surface area contributed by atoms with Crippen LogP contribution in [-0.2, 0) is 10.0 Å². The smallest absolute Gasteiger partial charge is 0.264 e. The van der Waals surface area contributed by atoms with Gasteiger partial charge in [-0.15, -0.1) is 0 Å². The minimum absolute atomic E-state index is 0.0870. The largest absolute Gasteiger partial charge is 0.491 e. The minimum atomic E-state index is -4.38. The molecule has 0 aliphatic heterocycles. The molecule has 0 heterocycles. The van der Waals surface area contributed by atoms with E-state index >= 15 is 0 Å². The van der Waals surface area contributed by atoms with Gasteiger partial charge in [0.2, 0.25) is 0 Å². The van der Waals surface area contributed by atoms with E-state index in [1.807, 2.05) is 19.0 Å².